The zero-order valence-corrected chi connectivity index (χ0v) is 23.4. The van der Waals surface area contributed by atoms with Crippen molar-refractivity contribution in [1.82, 2.24) is 18.7 Å². The summed E-state index contributed by atoms with van der Waals surface area (Å²) < 4.78 is 36.8. The first-order chi connectivity index (χ1) is 16.0. The number of fused-ring (bicyclic) bond motifs is 1. The second-order valence-corrected chi connectivity index (χ2v) is 17.8. The van der Waals surface area contributed by atoms with E-state index in [0.717, 1.165) is 33.8 Å². The molecule has 180 valence electrons. The average Bonchev–Trinajstić information content (AvgIpc) is 3.29. The number of rotatable bonds is 8. The number of aryl methyl sites for hydroxylation is 1. The summed E-state index contributed by atoms with van der Waals surface area (Å²) in [5.41, 5.74) is 3.82. The molecule has 3 aromatic heterocycles. The van der Waals surface area contributed by atoms with Crippen molar-refractivity contribution in [2.45, 2.75) is 51.2 Å². The fourth-order valence-electron chi connectivity index (χ4n) is 3.71. The number of ether oxygens (including phenoxy) is 1. The SMILES string of the molecule is Cc1ccc(S(=O)(=O)n2cc(-c3c(C)c(Br)nn3COCC[Si](C)(C)C)c3cccnc32)cc1. The van der Waals surface area contributed by atoms with E-state index in [1.165, 1.54) is 3.97 Å². The van der Waals surface area contributed by atoms with Crippen LogP contribution in [-0.4, -0.2) is 41.8 Å². The third-order valence-corrected chi connectivity index (χ3v) is 9.83. The van der Waals surface area contributed by atoms with Crippen LogP contribution in [0.4, 0.5) is 0 Å². The third-order valence-electron chi connectivity index (χ3n) is 5.71. The summed E-state index contributed by atoms with van der Waals surface area (Å²) in [6.07, 6.45) is 3.24. The number of nitrogens with zero attached hydrogens (tertiary/aromatic N) is 4. The van der Waals surface area contributed by atoms with Crippen molar-refractivity contribution in [3.05, 3.63) is 64.5 Å². The fraction of sp³-hybridized carbons (Fsp3) is 0.333. The van der Waals surface area contributed by atoms with Gasteiger partial charge in [0, 0.05) is 43.6 Å². The number of benzene rings is 1. The number of aromatic nitrogens is 4. The molecule has 0 amide bonds. The van der Waals surface area contributed by atoms with Crippen molar-refractivity contribution in [2.75, 3.05) is 6.61 Å². The highest BCUT2D eigenvalue weighted by Gasteiger charge is 2.26. The first-order valence-corrected chi connectivity index (χ1v) is 17.0. The maximum Gasteiger partial charge on any atom is 0.269 e. The lowest BCUT2D eigenvalue weighted by atomic mass is 10.1. The van der Waals surface area contributed by atoms with Crippen LogP contribution in [0.1, 0.15) is 11.1 Å². The maximum atomic E-state index is 13.6. The summed E-state index contributed by atoms with van der Waals surface area (Å²) in [7, 11) is -5.05. The molecule has 3 heterocycles. The Hall–Kier alpha value is -2.27. The molecule has 0 aliphatic carbocycles. The molecule has 0 N–H and O–H groups in total. The Labute approximate surface area is 210 Å². The van der Waals surface area contributed by atoms with Gasteiger partial charge in [0.1, 0.15) is 11.3 Å². The highest BCUT2D eigenvalue weighted by Crippen LogP contribution is 2.36. The van der Waals surface area contributed by atoms with Gasteiger partial charge in [0.15, 0.2) is 5.65 Å². The Kier molecular flexibility index (Phi) is 6.87. The molecule has 0 saturated heterocycles. The van der Waals surface area contributed by atoms with Crippen LogP contribution in [0.3, 0.4) is 0 Å². The van der Waals surface area contributed by atoms with Crippen molar-refractivity contribution in [2.24, 2.45) is 0 Å². The van der Waals surface area contributed by atoms with Crippen LogP contribution < -0.4 is 0 Å². The van der Waals surface area contributed by atoms with E-state index < -0.39 is 18.1 Å². The molecule has 0 aliphatic heterocycles. The molecular weight excluding hydrogens is 532 g/mol. The molecule has 0 atom stereocenters. The Morgan fingerprint density at radius 1 is 1.09 bits per heavy atom. The van der Waals surface area contributed by atoms with Gasteiger partial charge in [0.25, 0.3) is 10.0 Å². The van der Waals surface area contributed by atoms with E-state index in [1.54, 1.807) is 41.3 Å². The molecule has 4 rings (SSSR count). The summed E-state index contributed by atoms with van der Waals surface area (Å²) in [6, 6.07) is 11.6. The van der Waals surface area contributed by atoms with Crippen LogP contribution >= 0.6 is 15.9 Å². The van der Waals surface area contributed by atoms with Gasteiger partial charge in [-0.15, -0.1) is 0 Å². The number of hydrogen-bond acceptors (Lipinski definition) is 5. The molecule has 34 heavy (non-hydrogen) atoms. The van der Waals surface area contributed by atoms with Gasteiger partial charge in [-0.25, -0.2) is 22.1 Å². The average molecular weight is 562 g/mol. The van der Waals surface area contributed by atoms with Crippen LogP contribution in [-0.2, 0) is 21.5 Å². The van der Waals surface area contributed by atoms with Gasteiger partial charge in [0.05, 0.1) is 10.6 Å². The molecule has 10 heteroatoms. The highest BCUT2D eigenvalue weighted by atomic mass is 79.9. The molecule has 0 fully saturated rings. The maximum absolute atomic E-state index is 13.6. The van der Waals surface area contributed by atoms with E-state index >= 15 is 0 Å². The zero-order valence-electron chi connectivity index (χ0n) is 20.0. The van der Waals surface area contributed by atoms with Gasteiger partial charge >= 0.3 is 0 Å². The molecule has 1 aromatic carbocycles. The van der Waals surface area contributed by atoms with Crippen LogP contribution in [0, 0.1) is 13.8 Å². The van der Waals surface area contributed by atoms with E-state index in [-0.39, 0.29) is 11.6 Å². The van der Waals surface area contributed by atoms with Crippen molar-refractivity contribution in [3.63, 3.8) is 0 Å². The molecule has 0 saturated carbocycles. The highest BCUT2D eigenvalue weighted by molar-refractivity contribution is 9.10. The second-order valence-electron chi connectivity index (χ2n) is 9.64. The normalized spacial score (nSPS) is 12.5. The Morgan fingerprint density at radius 2 is 1.79 bits per heavy atom. The van der Waals surface area contributed by atoms with E-state index in [2.05, 4.69) is 45.7 Å². The zero-order chi connectivity index (χ0) is 24.7. The van der Waals surface area contributed by atoms with Crippen molar-refractivity contribution < 1.29 is 13.2 Å². The summed E-state index contributed by atoms with van der Waals surface area (Å²) >= 11 is 3.54. The first-order valence-electron chi connectivity index (χ1n) is 11.1. The lowest BCUT2D eigenvalue weighted by Gasteiger charge is -2.16. The van der Waals surface area contributed by atoms with Crippen LogP contribution in [0.25, 0.3) is 22.3 Å². The smallest absolute Gasteiger partial charge is 0.269 e. The monoisotopic (exact) mass is 560 g/mol. The Bertz CT molecular complexity index is 1440. The molecular formula is C24H29BrN4O3SSi. The topological polar surface area (TPSA) is 79.0 Å². The Balaban J connectivity index is 1.80. The van der Waals surface area contributed by atoms with Gasteiger partial charge in [-0.2, -0.15) is 5.10 Å². The van der Waals surface area contributed by atoms with Gasteiger partial charge in [-0.3, -0.25) is 0 Å². The van der Waals surface area contributed by atoms with Gasteiger partial charge in [0.2, 0.25) is 0 Å². The van der Waals surface area contributed by atoms with E-state index in [1.807, 2.05) is 26.0 Å². The summed E-state index contributed by atoms with van der Waals surface area (Å²) in [5.74, 6) is 0. The summed E-state index contributed by atoms with van der Waals surface area (Å²) in [4.78, 5) is 4.64. The predicted octanol–water partition coefficient (Wildman–Crippen LogP) is 5.83. The van der Waals surface area contributed by atoms with E-state index in [4.69, 9.17) is 4.74 Å². The lowest BCUT2D eigenvalue weighted by molar-refractivity contribution is 0.0796. The molecule has 0 bridgehead atoms. The molecule has 0 spiro atoms. The minimum absolute atomic E-state index is 0.216. The minimum atomic E-state index is -3.84. The quantitative estimate of drug-likeness (QED) is 0.200. The van der Waals surface area contributed by atoms with Crippen molar-refractivity contribution in [3.8, 4) is 11.3 Å². The van der Waals surface area contributed by atoms with Crippen LogP contribution in [0.2, 0.25) is 25.7 Å². The standard InChI is InChI=1S/C24H29BrN4O3SSi/c1-17-8-10-19(11-9-17)33(30,31)29-15-21(20-7-6-12-26-24(20)29)22-18(2)23(25)27-28(22)16-32-13-14-34(3,4)5/h6-12,15H,13-14,16H2,1-5H3. The molecule has 4 aromatic rings. The van der Waals surface area contributed by atoms with Crippen molar-refractivity contribution >= 4 is 45.1 Å². The minimum Gasteiger partial charge on any atom is -0.360 e. The Morgan fingerprint density at radius 3 is 2.47 bits per heavy atom. The van der Waals surface area contributed by atoms with Gasteiger partial charge in [-0.1, -0.05) is 37.3 Å². The van der Waals surface area contributed by atoms with Gasteiger partial charge < -0.3 is 4.74 Å². The molecule has 0 aliphatic rings. The third kappa shape index (κ3) is 4.90. The number of halogens is 1. The fourth-order valence-corrected chi connectivity index (χ4v) is 6.17. The lowest BCUT2D eigenvalue weighted by Crippen LogP contribution is -2.22. The molecule has 0 radical (unpaired) electrons. The number of pyridine rings is 1. The molecule has 0 unspecified atom stereocenters. The van der Waals surface area contributed by atoms with Crippen molar-refractivity contribution in [1.29, 1.82) is 0 Å². The first kappa shape index (κ1) is 24.8. The summed E-state index contributed by atoms with van der Waals surface area (Å²) in [5, 5.41) is 5.34. The largest absolute Gasteiger partial charge is 0.360 e. The van der Waals surface area contributed by atoms with Crippen LogP contribution in [0.15, 0.2) is 58.3 Å². The number of hydrogen-bond donors (Lipinski definition) is 0. The predicted molar refractivity (Wildman–Crippen MR) is 141 cm³/mol. The van der Waals surface area contributed by atoms with Crippen LogP contribution in [0.5, 0.6) is 0 Å². The molecule has 7 nitrogen and oxygen atoms in total. The van der Waals surface area contributed by atoms with E-state index in [9.17, 15) is 8.42 Å². The second kappa shape index (κ2) is 9.41. The summed E-state index contributed by atoms with van der Waals surface area (Å²) in [6.45, 7) is 11.8. The van der Waals surface area contributed by atoms with Gasteiger partial charge in [-0.05, 0) is 60.1 Å². The van der Waals surface area contributed by atoms with E-state index in [0.29, 0.717) is 16.9 Å².